The first kappa shape index (κ1) is 30.8. The number of hydrogen-bond donors (Lipinski definition) is 1. The number of hydrogen-bond acceptors (Lipinski definition) is 7. The van der Waals surface area contributed by atoms with Crippen molar-refractivity contribution in [3.05, 3.63) is 83.7 Å². The molecule has 0 saturated carbocycles. The third kappa shape index (κ3) is 6.32. The summed E-state index contributed by atoms with van der Waals surface area (Å²) < 4.78 is 50.9. The molecule has 0 aliphatic carbocycles. The highest BCUT2D eigenvalue weighted by molar-refractivity contribution is 5.94. The molecule has 0 bridgehead atoms. The van der Waals surface area contributed by atoms with Gasteiger partial charge in [0.05, 0.1) is 36.4 Å². The van der Waals surface area contributed by atoms with Crippen molar-refractivity contribution in [1.29, 1.82) is 0 Å². The molecule has 1 aromatic heterocycles. The van der Waals surface area contributed by atoms with Crippen LogP contribution in [0.4, 0.5) is 13.2 Å². The van der Waals surface area contributed by atoms with Crippen LogP contribution in [0.25, 0.3) is 22.2 Å². The molecule has 1 spiro atoms. The first-order valence-corrected chi connectivity index (χ1v) is 15.1. The zero-order valence-electron chi connectivity index (χ0n) is 25.3. The van der Waals surface area contributed by atoms with Crippen LogP contribution < -0.4 is 15.2 Å². The lowest BCUT2D eigenvalue weighted by atomic mass is 9.73. The molecule has 8 nitrogen and oxygen atoms in total. The summed E-state index contributed by atoms with van der Waals surface area (Å²) in [5, 5.41) is 0.769. The zero-order chi connectivity index (χ0) is 31.8. The van der Waals surface area contributed by atoms with Crippen LogP contribution in [-0.2, 0) is 11.0 Å². The van der Waals surface area contributed by atoms with Gasteiger partial charge < -0.3 is 25.0 Å². The van der Waals surface area contributed by atoms with E-state index in [-0.39, 0.29) is 0 Å². The number of nitrogens with zero attached hydrogens (tertiary/aromatic N) is 4. The molecule has 1 amide bonds. The zero-order valence-corrected chi connectivity index (χ0v) is 25.3. The maximum atomic E-state index is 13.0. The minimum absolute atomic E-state index is 0.379. The predicted octanol–water partition coefficient (Wildman–Crippen LogP) is 5.35. The minimum Gasteiger partial charge on any atom is -0.493 e. The van der Waals surface area contributed by atoms with Gasteiger partial charge in [0.15, 0.2) is 11.5 Å². The average molecular weight is 620 g/mol. The Bertz CT molecular complexity index is 1660. The summed E-state index contributed by atoms with van der Waals surface area (Å²) in [6.45, 7) is 9.61. The monoisotopic (exact) mass is 619 g/mol. The van der Waals surface area contributed by atoms with Crippen molar-refractivity contribution in [2.45, 2.75) is 25.4 Å². The fraction of sp³-hybridized carbons (Fsp3) is 0.382. The molecular weight excluding hydrogens is 583 g/mol. The molecule has 4 aromatic rings. The molecule has 1 unspecified atom stereocenters. The number of nitrogens with two attached hydrogens (primary N) is 1. The molecule has 45 heavy (non-hydrogen) atoms. The Morgan fingerprint density at radius 1 is 0.956 bits per heavy atom. The van der Waals surface area contributed by atoms with E-state index in [0.29, 0.717) is 45.9 Å². The highest BCUT2D eigenvalue weighted by Crippen LogP contribution is 2.40. The van der Waals surface area contributed by atoms with Crippen molar-refractivity contribution in [3.63, 3.8) is 0 Å². The Morgan fingerprint density at radius 3 is 2.20 bits per heavy atom. The van der Waals surface area contributed by atoms with E-state index < -0.39 is 23.6 Å². The van der Waals surface area contributed by atoms with E-state index in [1.165, 1.54) is 31.5 Å². The van der Waals surface area contributed by atoms with E-state index in [2.05, 4.69) is 26.7 Å². The van der Waals surface area contributed by atoms with Gasteiger partial charge in [-0.1, -0.05) is 43.3 Å². The number of carbonyl (C=O) groups excluding carboxylic acids is 1. The van der Waals surface area contributed by atoms with E-state index in [1.54, 1.807) is 19.2 Å². The number of rotatable bonds is 11. The van der Waals surface area contributed by atoms with Crippen LogP contribution in [0.3, 0.4) is 0 Å². The number of benzene rings is 3. The lowest BCUT2D eigenvalue weighted by Gasteiger charge is -2.60. The summed E-state index contributed by atoms with van der Waals surface area (Å²) in [6.07, 6.45) is -2.10. The fourth-order valence-electron chi connectivity index (χ4n) is 6.64. The summed E-state index contributed by atoms with van der Waals surface area (Å²) in [5.41, 5.74) is 8.46. The second-order valence-electron chi connectivity index (χ2n) is 12.0. The maximum absolute atomic E-state index is 13.0. The first-order chi connectivity index (χ1) is 21.6. The van der Waals surface area contributed by atoms with Crippen molar-refractivity contribution < 1.29 is 27.4 Å². The number of likely N-dealkylation sites (tertiary alicyclic amines) is 2. The topological polar surface area (TPSA) is 93.8 Å². The molecule has 6 rings (SSSR count). The van der Waals surface area contributed by atoms with Crippen LogP contribution in [0.2, 0.25) is 0 Å². The van der Waals surface area contributed by atoms with Gasteiger partial charge in [-0.2, -0.15) is 13.2 Å². The summed E-state index contributed by atoms with van der Waals surface area (Å²) in [7, 11) is 1.60. The maximum Gasteiger partial charge on any atom is 0.416 e. The molecule has 2 aliphatic heterocycles. The van der Waals surface area contributed by atoms with Gasteiger partial charge in [0.2, 0.25) is 5.91 Å². The van der Waals surface area contributed by atoms with Crippen molar-refractivity contribution >= 4 is 16.8 Å². The fourth-order valence-corrected chi connectivity index (χ4v) is 6.64. The Morgan fingerprint density at radius 2 is 1.60 bits per heavy atom. The molecule has 2 N–H and O–H groups in total. The number of methoxy groups -OCH3 is 1. The number of fused-ring (bicyclic) bond motifs is 1. The molecule has 2 saturated heterocycles. The molecule has 1 atom stereocenters. The van der Waals surface area contributed by atoms with Gasteiger partial charge in [0.25, 0.3) is 0 Å². The van der Waals surface area contributed by atoms with Gasteiger partial charge in [0, 0.05) is 55.2 Å². The molecule has 3 heterocycles. The quantitative estimate of drug-likeness (QED) is 0.226. The van der Waals surface area contributed by atoms with Crippen molar-refractivity contribution in [3.8, 4) is 22.8 Å². The van der Waals surface area contributed by atoms with Crippen LogP contribution in [0.1, 0.15) is 36.0 Å². The predicted molar refractivity (Wildman–Crippen MR) is 165 cm³/mol. The van der Waals surface area contributed by atoms with Crippen LogP contribution in [0.15, 0.2) is 67.0 Å². The second-order valence-corrected chi connectivity index (χ2v) is 12.0. The Balaban J connectivity index is 1.16. The lowest BCUT2D eigenvalue weighted by molar-refractivity contribution is -0.137. The molecule has 3 aromatic carbocycles. The molecule has 0 radical (unpaired) electrons. The molecule has 2 fully saturated rings. The lowest BCUT2D eigenvalue weighted by Crippen LogP contribution is -2.71. The highest BCUT2D eigenvalue weighted by atomic mass is 19.4. The summed E-state index contributed by atoms with van der Waals surface area (Å²) in [5.74, 6) is -0.384. The van der Waals surface area contributed by atoms with Gasteiger partial charge in [-0.3, -0.25) is 4.79 Å². The number of halogens is 3. The first-order valence-electron chi connectivity index (χ1n) is 15.1. The highest BCUT2D eigenvalue weighted by Gasteiger charge is 2.50. The smallest absolute Gasteiger partial charge is 0.416 e. The Hall–Kier alpha value is -4.22. The second kappa shape index (κ2) is 12.3. The van der Waals surface area contributed by atoms with E-state index in [4.69, 9.17) is 15.2 Å². The van der Waals surface area contributed by atoms with Gasteiger partial charge in [-0.15, -0.1) is 0 Å². The summed E-state index contributed by atoms with van der Waals surface area (Å²) in [6, 6.07) is 15.3. The summed E-state index contributed by atoms with van der Waals surface area (Å²) in [4.78, 5) is 26.3. The molecule has 236 valence electrons. The van der Waals surface area contributed by atoms with Crippen molar-refractivity contribution in [2.75, 3.05) is 53.0 Å². The van der Waals surface area contributed by atoms with Crippen LogP contribution in [0, 0.1) is 5.41 Å². The van der Waals surface area contributed by atoms with E-state index in [0.717, 1.165) is 55.7 Å². The molecule has 2 aliphatic rings. The minimum atomic E-state index is -4.47. The standard InChI is InChI=1S/C34H36F3N5O3/c1-3-41-17-33(18-41)19-42(20-33)13-4-14-45-29-15-26-27(16-28(29)44-2)39-21-40-31(26)24-7-5-22(6-8-24)30(32(38)43)23-9-11-25(12-10-23)34(35,36)37/h5-12,15-16,21,30H,3-4,13-14,17-20H2,1-2H3,(H2,38,43). The third-order valence-corrected chi connectivity index (χ3v) is 8.85. The van der Waals surface area contributed by atoms with E-state index in [1.807, 2.05) is 24.3 Å². The van der Waals surface area contributed by atoms with Crippen molar-refractivity contribution in [1.82, 2.24) is 19.8 Å². The number of primary amides is 1. The number of amides is 1. The molecule has 11 heteroatoms. The van der Waals surface area contributed by atoms with Crippen molar-refractivity contribution in [2.24, 2.45) is 11.1 Å². The van der Waals surface area contributed by atoms with E-state index >= 15 is 0 Å². The van der Waals surface area contributed by atoms with Crippen LogP contribution in [-0.4, -0.2) is 78.7 Å². The van der Waals surface area contributed by atoms with Crippen LogP contribution >= 0.6 is 0 Å². The number of aromatic nitrogens is 2. The number of alkyl halides is 3. The van der Waals surface area contributed by atoms with Gasteiger partial charge in [0.1, 0.15) is 6.33 Å². The van der Waals surface area contributed by atoms with Gasteiger partial charge >= 0.3 is 6.18 Å². The molecular formula is C34H36F3N5O3. The van der Waals surface area contributed by atoms with Crippen LogP contribution in [0.5, 0.6) is 11.5 Å². The Kier molecular flexibility index (Phi) is 8.41. The average Bonchev–Trinajstić information content (AvgIpc) is 2.98. The third-order valence-electron chi connectivity index (χ3n) is 8.85. The normalized spacial score (nSPS) is 17.1. The number of carbonyl (C=O) groups is 1. The largest absolute Gasteiger partial charge is 0.493 e. The van der Waals surface area contributed by atoms with Gasteiger partial charge in [-0.25, -0.2) is 9.97 Å². The SMILES string of the molecule is CCN1CC2(C1)CN(CCCOc1cc3c(-c4ccc(C(C(N)=O)c5ccc(C(F)(F)F)cc5)cc4)ncnc3cc1OC)C2. The summed E-state index contributed by atoms with van der Waals surface area (Å²) >= 11 is 0. The Labute approximate surface area is 260 Å². The van der Waals surface area contributed by atoms with Gasteiger partial charge in [-0.05, 0) is 42.3 Å². The van der Waals surface area contributed by atoms with E-state index in [9.17, 15) is 18.0 Å². The number of ether oxygens (including phenoxy) is 2.